The minimum Gasteiger partial charge on any atom is -0.378 e. The van der Waals surface area contributed by atoms with E-state index in [-0.39, 0.29) is 0 Å². The lowest BCUT2D eigenvalue weighted by Gasteiger charge is -2.19. The average molecular weight is 391 g/mol. The summed E-state index contributed by atoms with van der Waals surface area (Å²) in [6, 6.07) is 6.80. The molecule has 1 aliphatic rings. The first-order chi connectivity index (χ1) is 9.20. The summed E-state index contributed by atoms with van der Waals surface area (Å²) in [6.07, 6.45) is 6.53. The molecule has 106 valence electrons. The molecule has 0 radical (unpaired) electrons. The van der Waals surface area contributed by atoms with E-state index < -0.39 is 0 Å². The van der Waals surface area contributed by atoms with Crippen LogP contribution in [0.5, 0.6) is 0 Å². The fourth-order valence-corrected chi connectivity index (χ4v) is 3.98. The van der Waals surface area contributed by atoms with Crippen LogP contribution in [0.2, 0.25) is 0 Å². The highest BCUT2D eigenvalue weighted by molar-refractivity contribution is 9.11. The van der Waals surface area contributed by atoms with Crippen LogP contribution in [0.1, 0.15) is 43.7 Å². The summed E-state index contributed by atoms with van der Waals surface area (Å²) in [4.78, 5) is 0. The molecule has 19 heavy (non-hydrogen) atoms. The first-order valence-electron chi connectivity index (χ1n) is 6.94. The van der Waals surface area contributed by atoms with Gasteiger partial charge in [0.15, 0.2) is 0 Å². The Kier molecular flexibility index (Phi) is 6.33. The summed E-state index contributed by atoms with van der Waals surface area (Å²) < 4.78 is 7.95. The SMILES string of the molecule is CNC(CCCC1CCCO1)c1ccc(Br)cc1Br. The number of benzene rings is 1. The summed E-state index contributed by atoms with van der Waals surface area (Å²) in [6.45, 7) is 0.957. The molecule has 1 aromatic carbocycles. The summed E-state index contributed by atoms with van der Waals surface area (Å²) in [5, 5.41) is 3.42. The quantitative estimate of drug-likeness (QED) is 0.751. The molecule has 2 rings (SSSR count). The van der Waals surface area contributed by atoms with E-state index >= 15 is 0 Å². The average Bonchev–Trinajstić information content (AvgIpc) is 2.89. The van der Waals surface area contributed by atoms with Crippen LogP contribution in [0.4, 0.5) is 0 Å². The lowest BCUT2D eigenvalue weighted by molar-refractivity contribution is 0.101. The Balaban J connectivity index is 1.88. The summed E-state index contributed by atoms with van der Waals surface area (Å²) >= 11 is 7.15. The van der Waals surface area contributed by atoms with Gasteiger partial charge in [0.2, 0.25) is 0 Å². The van der Waals surface area contributed by atoms with Gasteiger partial charge >= 0.3 is 0 Å². The van der Waals surface area contributed by atoms with Crippen molar-refractivity contribution in [3.63, 3.8) is 0 Å². The minimum absolute atomic E-state index is 0.406. The Morgan fingerprint density at radius 2 is 2.26 bits per heavy atom. The number of rotatable bonds is 6. The van der Waals surface area contributed by atoms with Crippen molar-refractivity contribution in [3.8, 4) is 0 Å². The Morgan fingerprint density at radius 1 is 1.42 bits per heavy atom. The maximum absolute atomic E-state index is 5.68. The van der Waals surface area contributed by atoms with Gasteiger partial charge in [0.25, 0.3) is 0 Å². The molecule has 1 aromatic rings. The van der Waals surface area contributed by atoms with Gasteiger partial charge in [-0.1, -0.05) is 37.9 Å². The molecular formula is C15H21Br2NO. The maximum atomic E-state index is 5.68. The van der Waals surface area contributed by atoms with Gasteiger partial charge in [-0.3, -0.25) is 0 Å². The lowest BCUT2D eigenvalue weighted by atomic mass is 9.99. The van der Waals surface area contributed by atoms with Crippen LogP contribution in [0, 0.1) is 0 Å². The van der Waals surface area contributed by atoms with Crippen molar-refractivity contribution in [3.05, 3.63) is 32.7 Å². The predicted octanol–water partition coefficient (Wildman–Crippen LogP) is 4.82. The molecule has 2 nitrogen and oxygen atoms in total. The monoisotopic (exact) mass is 389 g/mol. The van der Waals surface area contributed by atoms with E-state index in [1.54, 1.807) is 0 Å². The number of halogens is 2. The molecule has 0 aliphatic carbocycles. The van der Waals surface area contributed by atoms with Crippen molar-refractivity contribution in [2.45, 2.75) is 44.2 Å². The summed E-state index contributed by atoms with van der Waals surface area (Å²) in [7, 11) is 2.03. The van der Waals surface area contributed by atoms with Crippen LogP contribution in [0.3, 0.4) is 0 Å². The Morgan fingerprint density at radius 3 is 2.89 bits per heavy atom. The van der Waals surface area contributed by atoms with Crippen molar-refractivity contribution in [1.29, 1.82) is 0 Å². The zero-order chi connectivity index (χ0) is 13.7. The zero-order valence-corrected chi connectivity index (χ0v) is 14.5. The van der Waals surface area contributed by atoms with E-state index in [1.165, 1.54) is 35.7 Å². The molecule has 0 aromatic heterocycles. The molecule has 1 heterocycles. The number of ether oxygens (including phenoxy) is 1. The molecule has 1 saturated heterocycles. The van der Waals surface area contributed by atoms with E-state index in [9.17, 15) is 0 Å². The number of nitrogens with one attached hydrogen (secondary N) is 1. The van der Waals surface area contributed by atoms with Crippen LogP contribution in [0.15, 0.2) is 27.1 Å². The second-order valence-corrected chi connectivity index (χ2v) is 6.84. The highest BCUT2D eigenvalue weighted by atomic mass is 79.9. The van der Waals surface area contributed by atoms with Crippen LogP contribution < -0.4 is 5.32 Å². The van der Waals surface area contributed by atoms with E-state index in [0.29, 0.717) is 12.1 Å². The molecule has 0 amide bonds. The van der Waals surface area contributed by atoms with E-state index in [2.05, 4.69) is 55.4 Å². The van der Waals surface area contributed by atoms with Gasteiger partial charge in [0, 0.05) is 21.6 Å². The Hall–Kier alpha value is 0.1000. The van der Waals surface area contributed by atoms with Gasteiger partial charge in [0.05, 0.1) is 6.10 Å². The van der Waals surface area contributed by atoms with Crippen molar-refractivity contribution in [2.24, 2.45) is 0 Å². The Labute approximate surface area is 132 Å². The molecule has 4 heteroatoms. The van der Waals surface area contributed by atoms with E-state index in [4.69, 9.17) is 4.74 Å². The molecule has 0 bridgehead atoms. The van der Waals surface area contributed by atoms with Crippen LogP contribution in [0.25, 0.3) is 0 Å². The van der Waals surface area contributed by atoms with Gasteiger partial charge in [0.1, 0.15) is 0 Å². The first-order valence-corrected chi connectivity index (χ1v) is 8.53. The fourth-order valence-electron chi connectivity index (χ4n) is 2.66. The third-order valence-electron chi connectivity index (χ3n) is 3.73. The molecule has 2 atom stereocenters. The summed E-state index contributed by atoms with van der Waals surface area (Å²) in [5.41, 5.74) is 1.33. The number of hydrogen-bond acceptors (Lipinski definition) is 2. The van der Waals surface area contributed by atoms with Crippen LogP contribution in [-0.2, 0) is 4.74 Å². The van der Waals surface area contributed by atoms with Gasteiger partial charge in [-0.2, -0.15) is 0 Å². The molecular weight excluding hydrogens is 370 g/mol. The Bertz CT molecular complexity index is 405. The normalized spacial score (nSPS) is 20.7. The van der Waals surface area contributed by atoms with E-state index in [1.807, 2.05) is 7.05 Å². The highest BCUT2D eigenvalue weighted by Gasteiger charge is 2.17. The van der Waals surface area contributed by atoms with Crippen molar-refractivity contribution < 1.29 is 4.74 Å². The first kappa shape index (κ1) is 15.5. The van der Waals surface area contributed by atoms with Gasteiger partial charge in [-0.05, 0) is 56.8 Å². The summed E-state index contributed by atoms with van der Waals surface area (Å²) in [5.74, 6) is 0. The molecule has 0 spiro atoms. The fraction of sp³-hybridized carbons (Fsp3) is 0.600. The minimum atomic E-state index is 0.406. The second kappa shape index (κ2) is 7.77. The zero-order valence-electron chi connectivity index (χ0n) is 11.3. The molecule has 1 N–H and O–H groups in total. The van der Waals surface area contributed by atoms with Crippen LogP contribution >= 0.6 is 31.9 Å². The van der Waals surface area contributed by atoms with Gasteiger partial charge in [-0.25, -0.2) is 0 Å². The van der Waals surface area contributed by atoms with Crippen molar-refractivity contribution in [2.75, 3.05) is 13.7 Å². The van der Waals surface area contributed by atoms with Gasteiger partial charge < -0.3 is 10.1 Å². The van der Waals surface area contributed by atoms with Gasteiger partial charge in [-0.15, -0.1) is 0 Å². The maximum Gasteiger partial charge on any atom is 0.0576 e. The third-order valence-corrected chi connectivity index (χ3v) is 4.91. The highest BCUT2D eigenvalue weighted by Crippen LogP contribution is 2.30. The smallest absolute Gasteiger partial charge is 0.0576 e. The third kappa shape index (κ3) is 4.55. The van der Waals surface area contributed by atoms with Crippen molar-refractivity contribution in [1.82, 2.24) is 5.32 Å². The molecule has 1 fully saturated rings. The van der Waals surface area contributed by atoms with Crippen LogP contribution in [-0.4, -0.2) is 19.8 Å². The molecule has 0 saturated carbocycles. The number of hydrogen-bond donors (Lipinski definition) is 1. The lowest BCUT2D eigenvalue weighted by Crippen LogP contribution is -2.17. The molecule has 2 unspecified atom stereocenters. The second-order valence-electron chi connectivity index (χ2n) is 5.07. The molecule has 1 aliphatic heterocycles. The van der Waals surface area contributed by atoms with E-state index in [0.717, 1.165) is 17.5 Å². The standard InChI is InChI=1S/C15H21Br2NO/c1-18-15(6-2-4-12-5-3-9-19-12)13-8-7-11(16)10-14(13)17/h7-8,10,12,15,18H,2-6,9H2,1H3. The predicted molar refractivity (Wildman–Crippen MR) is 86.5 cm³/mol. The largest absolute Gasteiger partial charge is 0.378 e. The topological polar surface area (TPSA) is 21.3 Å². The van der Waals surface area contributed by atoms with Crippen molar-refractivity contribution >= 4 is 31.9 Å².